The first kappa shape index (κ1) is 23.7. The molecule has 0 spiro atoms. The van der Waals surface area contributed by atoms with Gasteiger partial charge < -0.3 is 12.4 Å². The van der Waals surface area contributed by atoms with Crippen LogP contribution in [0.4, 0.5) is 0 Å². The lowest BCUT2D eigenvalue weighted by molar-refractivity contribution is -0.00000634. The summed E-state index contributed by atoms with van der Waals surface area (Å²) >= 11 is 0. The van der Waals surface area contributed by atoms with E-state index in [2.05, 4.69) is 121 Å². The highest BCUT2D eigenvalue weighted by Crippen LogP contribution is 2.58. The number of nitrogens with zero attached hydrogens (tertiary/aromatic N) is 1. The fourth-order valence-corrected chi connectivity index (χ4v) is 8.90. The zero-order valence-corrected chi connectivity index (χ0v) is 19.7. The summed E-state index contributed by atoms with van der Waals surface area (Å²) in [6.07, 6.45) is 3.40. The number of rotatable bonds is 8. The van der Waals surface area contributed by atoms with Crippen molar-refractivity contribution in [2.24, 2.45) is 0 Å². The topological polar surface area (TPSA) is 23.8 Å². The summed E-state index contributed by atoms with van der Waals surface area (Å²) in [6, 6.07) is 44.1. The molecule has 0 aliphatic carbocycles. The van der Waals surface area contributed by atoms with Gasteiger partial charge in [0, 0.05) is 6.42 Å². The molecule has 0 bridgehead atoms. The summed E-state index contributed by atoms with van der Waals surface area (Å²) in [4.78, 5) is 0. The Morgan fingerprint density at radius 2 is 1.12 bits per heavy atom. The summed E-state index contributed by atoms with van der Waals surface area (Å²) in [5.41, 5.74) is 2.73. The summed E-state index contributed by atoms with van der Waals surface area (Å²) in [5, 5.41) is 13.3. The number of hydrogen-bond acceptors (Lipinski definition) is 1. The van der Waals surface area contributed by atoms with E-state index in [0.29, 0.717) is 6.42 Å². The molecule has 3 heteroatoms. The Bertz CT molecular complexity index is 1100. The van der Waals surface area contributed by atoms with Crippen LogP contribution in [-0.4, -0.2) is 0 Å². The molecule has 0 amide bonds. The minimum Gasteiger partial charge on any atom is -1.00 e. The van der Waals surface area contributed by atoms with Gasteiger partial charge >= 0.3 is 0 Å². The van der Waals surface area contributed by atoms with Crippen LogP contribution < -0.4 is 28.3 Å². The molecule has 4 rings (SSSR count). The molecular weight excluding hydrogens is 429 g/mol. The van der Waals surface area contributed by atoms with Gasteiger partial charge in [0.05, 0.1) is 12.2 Å². The molecule has 0 fully saturated rings. The van der Waals surface area contributed by atoms with Gasteiger partial charge in [0.15, 0.2) is 0 Å². The molecule has 0 aliphatic heterocycles. The Balaban J connectivity index is 0.00000289. The molecule has 0 radical (unpaired) electrons. The van der Waals surface area contributed by atoms with E-state index in [4.69, 9.17) is 5.26 Å². The Labute approximate surface area is 198 Å². The van der Waals surface area contributed by atoms with Crippen molar-refractivity contribution >= 4 is 23.2 Å². The van der Waals surface area contributed by atoms with Crippen molar-refractivity contribution in [1.82, 2.24) is 0 Å². The zero-order valence-electron chi connectivity index (χ0n) is 18.1. The smallest absolute Gasteiger partial charge is 0.116 e. The fourth-order valence-electron chi connectivity index (χ4n) is 4.37. The highest BCUT2D eigenvalue weighted by molar-refractivity contribution is 7.95. The lowest BCUT2D eigenvalue weighted by Crippen LogP contribution is -3.00. The first-order valence-electron chi connectivity index (χ1n) is 10.8. The summed E-state index contributed by atoms with van der Waals surface area (Å²) in [5.74, 6) is 0. The molecule has 0 atom stereocenters. The van der Waals surface area contributed by atoms with Gasteiger partial charge in [0.2, 0.25) is 0 Å². The quantitative estimate of drug-likeness (QED) is 0.296. The average molecular weight is 456 g/mol. The highest BCUT2D eigenvalue weighted by Gasteiger charge is 2.46. The van der Waals surface area contributed by atoms with Gasteiger partial charge in [-0.2, -0.15) is 5.26 Å². The highest BCUT2D eigenvalue weighted by atomic mass is 35.5. The molecule has 0 heterocycles. The van der Waals surface area contributed by atoms with Gasteiger partial charge in [-0.25, -0.2) is 0 Å². The van der Waals surface area contributed by atoms with E-state index in [9.17, 15) is 0 Å². The molecule has 32 heavy (non-hydrogen) atoms. The van der Waals surface area contributed by atoms with E-state index in [1.54, 1.807) is 0 Å². The first-order chi connectivity index (χ1) is 15.3. The Hall–Kier alpha value is -2.91. The third-order valence-corrected chi connectivity index (χ3v) is 10.3. The second kappa shape index (κ2) is 11.6. The molecule has 0 unspecified atom stereocenters. The van der Waals surface area contributed by atoms with E-state index in [0.717, 1.165) is 19.0 Å². The van der Waals surface area contributed by atoms with Crippen LogP contribution in [-0.2, 0) is 12.6 Å². The van der Waals surface area contributed by atoms with Crippen LogP contribution in [0.5, 0.6) is 0 Å². The largest absolute Gasteiger partial charge is 1.00 e. The van der Waals surface area contributed by atoms with Gasteiger partial charge in [0.1, 0.15) is 23.2 Å². The standard InChI is InChI=1S/C29H27NP.ClH/c30-23-13-12-17-26-16-10-11-22-29(26)31(27-18-6-2-7-19-27,28-20-8-3-9-21-28)24-25-14-4-1-5-15-25;/h1-11,14-16,18-22H,12-13,17,24H2;1H/q+1;/p-1. The minimum absolute atomic E-state index is 0. The van der Waals surface area contributed by atoms with Crippen molar-refractivity contribution < 1.29 is 12.4 Å². The Morgan fingerprint density at radius 1 is 0.625 bits per heavy atom. The Morgan fingerprint density at radius 3 is 1.69 bits per heavy atom. The van der Waals surface area contributed by atoms with Crippen LogP contribution in [0.1, 0.15) is 24.0 Å². The van der Waals surface area contributed by atoms with Crippen molar-refractivity contribution in [3.05, 3.63) is 126 Å². The molecule has 4 aromatic rings. The number of nitriles is 1. The lowest BCUT2D eigenvalue weighted by Gasteiger charge is -2.29. The maximum Gasteiger partial charge on any atom is 0.116 e. The molecule has 4 aromatic carbocycles. The molecule has 0 saturated carbocycles. The molecular formula is C29H27ClNP. The molecule has 0 N–H and O–H groups in total. The molecule has 160 valence electrons. The predicted octanol–water partition coefficient (Wildman–Crippen LogP) is 3.03. The van der Waals surface area contributed by atoms with Crippen LogP contribution in [0.15, 0.2) is 115 Å². The predicted molar refractivity (Wildman–Crippen MR) is 134 cm³/mol. The minimum atomic E-state index is -1.94. The van der Waals surface area contributed by atoms with Crippen LogP contribution in [0.3, 0.4) is 0 Å². The van der Waals surface area contributed by atoms with Crippen LogP contribution in [0.2, 0.25) is 0 Å². The van der Waals surface area contributed by atoms with Gasteiger partial charge in [-0.1, -0.05) is 84.9 Å². The van der Waals surface area contributed by atoms with E-state index in [1.807, 2.05) is 0 Å². The van der Waals surface area contributed by atoms with E-state index in [1.165, 1.54) is 27.0 Å². The second-order valence-corrected chi connectivity index (χ2v) is 11.2. The van der Waals surface area contributed by atoms with Gasteiger partial charge in [-0.05, 0) is 54.3 Å². The average Bonchev–Trinajstić information content (AvgIpc) is 2.85. The number of unbranched alkanes of at least 4 members (excludes halogenated alkanes) is 1. The van der Waals surface area contributed by atoms with Crippen molar-refractivity contribution in [3.63, 3.8) is 0 Å². The summed E-state index contributed by atoms with van der Waals surface area (Å²) in [7, 11) is -1.94. The van der Waals surface area contributed by atoms with Crippen molar-refractivity contribution in [2.45, 2.75) is 25.4 Å². The van der Waals surface area contributed by atoms with Crippen LogP contribution in [0.25, 0.3) is 0 Å². The first-order valence-corrected chi connectivity index (χ1v) is 12.8. The van der Waals surface area contributed by atoms with E-state index >= 15 is 0 Å². The zero-order chi connectivity index (χ0) is 21.4. The SMILES string of the molecule is N#CCCCc1ccccc1[P+](Cc1ccccc1)(c1ccccc1)c1ccccc1.[Cl-]. The monoisotopic (exact) mass is 455 g/mol. The lowest BCUT2D eigenvalue weighted by atomic mass is 10.1. The van der Waals surface area contributed by atoms with Gasteiger partial charge in [0.25, 0.3) is 0 Å². The molecule has 1 nitrogen and oxygen atoms in total. The Kier molecular flexibility index (Phi) is 8.64. The normalized spacial score (nSPS) is 10.7. The summed E-state index contributed by atoms with van der Waals surface area (Å²) in [6.45, 7) is 0. The number of hydrogen-bond donors (Lipinski definition) is 0. The number of benzene rings is 4. The maximum atomic E-state index is 9.08. The molecule has 0 aliphatic rings. The number of aryl methyl sites for hydroxylation is 1. The molecule has 0 saturated heterocycles. The summed E-state index contributed by atoms with van der Waals surface area (Å²) < 4.78 is 0. The van der Waals surface area contributed by atoms with Crippen LogP contribution >= 0.6 is 7.26 Å². The van der Waals surface area contributed by atoms with Crippen molar-refractivity contribution in [2.75, 3.05) is 0 Å². The molecule has 0 aromatic heterocycles. The third kappa shape index (κ3) is 5.11. The van der Waals surface area contributed by atoms with E-state index in [-0.39, 0.29) is 12.4 Å². The van der Waals surface area contributed by atoms with Crippen molar-refractivity contribution in [3.8, 4) is 6.07 Å². The van der Waals surface area contributed by atoms with E-state index < -0.39 is 7.26 Å². The van der Waals surface area contributed by atoms with Gasteiger partial charge in [-0.3, -0.25) is 0 Å². The van der Waals surface area contributed by atoms with Crippen LogP contribution in [0, 0.1) is 11.3 Å². The maximum absolute atomic E-state index is 9.08. The van der Waals surface area contributed by atoms with Crippen molar-refractivity contribution in [1.29, 1.82) is 5.26 Å². The number of halogens is 1. The second-order valence-electron chi connectivity index (χ2n) is 7.76. The van der Waals surface area contributed by atoms with Gasteiger partial charge in [-0.15, -0.1) is 0 Å². The third-order valence-electron chi connectivity index (χ3n) is 5.79. The fraction of sp³-hybridized carbons (Fsp3) is 0.138.